The highest BCUT2D eigenvalue weighted by atomic mass is 16.2. The predicted molar refractivity (Wildman–Crippen MR) is 166 cm³/mol. The van der Waals surface area contributed by atoms with Crippen LogP contribution in [0.2, 0.25) is 0 Å². The van der Waals surface area contributed by atoms with Gasteiger partial charge in [-0.25, -0.2) is 0 Å². The van der Waals surface area contributed by atoms with Gasteiger partial charge in [-0.3, -0.25) is 9.59 Å². The zero-order chi connectivity index (χ0) is 28.2. The van der Waals surface area contributed by atoms with Gasteiger partial charge in [0.25, 0.3) is 5.91 Å². The molecular weight excluding hydrogens is 492 g/mol. The second-order valence-electron chi connectivity index (χ2n) is 9.63. The van der Waals surface area contributed by atoms with Crippen molar-refractivity contribution < 1.29 is 9.59 Å². The number of para-hydroxylation sites is 1. The van der Waals surface area contributed by atoms with Crippen LogP contribution in [0.1, 0.15) is 35.7 Å². The van der Waals surface area contributed by atoms with E-state index in [9.17, 15) is 9.59 Å². The Balaban J connectivity index is 1.52. The number of carbonyl (C=O) groups excluding carboxylic acids is 2. The lowest BCUT2D eigenvalue weighted by Gasteiger charge is -2.29. The van der Waals surface area contributed by atoms with Crippen LogP contribution in [0.25, 0.3) is 11.1 Å². The molecule has 1 heterocycles. The van der Waals surface area contributed by atoms with E-state index >= 15 is 0 Å². The first-order valence-corrected chi connectivity index (χ1v) is 13.7. The first-order chi connectivity index (χ1) is 19.6. The fourth-order valence-electron chi connectivity index (χ4n) is 4.63. The molecule has 0 spiro atoms. The molecule has 0 saturated heterocycles. The molecular formula is C36H36N2O2. The van der Waals surface area contributed by atoms with Crippen molar-refractivity contribution in [2.45, 2.75) is 26.2 Å². The van der Waals surface area contributed by atoms with E-state index in [1.54, 1.807) is 18.2 Å². The number of allylic oxidation sites excluding steroid dienone is 8. The highest BCUT2D eigenvalue weighted by Gasteiger charge is 2.23. The Morgan fingerprint density at radius 2 is 1.62 bits per heavy atom. The Morgan fingerprint density at radius 1 is 0.900 bits per heavy atom. The van der Waals surface area contributed by atoms with Crippen molar-refractivity contribution in [3.63, 3.8) is 0 Å². The molecule has 1 N–H and O–H groups in total. The summed E-state index contributed by atoms with van der Waals surface area (Å²) in [5.41, 5.74) is 6.76. The molecule has 0 aromatic heterocycles. The van der Waals surface area contributed by atoms with Crippen molar-refractivity contribution in [3.05, 3.63) is 150 Å². The van der Waals surface area contributed by atoms with Crippen LogP contribution in [0.15, 0.2) is 139 Å². The Hall–Kier alpha value is -4.70. The van der Waals surface area contributed by atoms with Gasteiger partial charge in [-0.15, -0.1) is 0 Å². The van der Waals surface area contributed by atoms with Gasteiger partial charge in [-0.05, 0) is 72.4 Å². The summed E-state index contributed by atoms with van der Waals surface area (Å²) in [6, 6.07) is 26.0. The molecule has 0 aliphatic carbocycles. The fourth-order valence-corrected chi connectivity index (χ4v) is 4.63. The lowest BCUT2D eigenvalue weighted by atomic mass is 10.0. The van der Waals surface area contributed by atoms with Gasteiger partial charge in [0.1, 0.15) is 0 Å². The molecule has 0 unspecified atom stereocenters. The number of carbonyl (C=O) groups is 2. The standard InChI is InChI=1S/C36H36N2O2/c1-3-5-12-28(4-2)19-24-34(39)17-11-16-33-27-38(35-18-10-9-15-31(35)25-26-37-33)36(40)32-22-20-30(21-23-32)29-13-7-6-8-14-29/h3-18,20-23,37H,2,19,24-27H2,1H3/b5-3-,17-11+,28-12+,33-16-. The maximum atomic E-state index is 13.8. The number of ketones is 1. The van der Waals surface area contributed by atoms with Crippen LogP contribution in [0.3, 0.4) is 0 Å². The Bertz CT molecular complexity index is 1440. The third-order valence-corrected chi connectivity index (χ3v) is 6.85. The average molecular weight is 529 g/mol. The van der Waals surface area contributed by atoms with Crippen LogP contribution in [-0.4, -0.2) is 24.8 Å². The first-order valence-electron chi connectivity index (χ1n) is 13.7. The van der Waals surface area contributed by atoms with Crippen LogP contribution in [0.5, 0.6) is 0 Å². The Labute approximate surface area is 237 Å². The molecule has 4 nitrogen and oxygen atoms in total. The maximum absolute atomic E-state index is 13.8. The normalized spacial score (nSPS) is 15.0. The summed E-state index contributed by atoms with van der Waals surface area (Å²) in [6.45, 7) is 6.91. The highest BCUT2D eigenvalue weighted by molar-refractivity contribution is 6.07. The number of benzene rings is 3. The zero-order valence-electron chi connectivity index (χ0n) is 23.1. The van der Waals surface area contributed by atoms with Gasteiger partial charge in [-0.2, -0.15) is 0 Å². The summed E-state index contributed by atoms with van der Waals surface area (Å²) in [4.78, 5) is 28.1. The average Bonchev–Trinajstić information content (AvgIpc) is 2.99. The molecule has 3 aromatic rings. The first kappa shape index (κ1) is 28.3. The largest absolute Gasteiger partial charge is 0.387 e. The van der Waals surface area contributed by atoms with Gasteiger partial charge in [0.15, 0.2) is 5.78 Å². The van der Waals surface area contributed by atoms with E-state index in [0.717, 1.165) is 46.6 Å². The number of nitrogens with zero attached hydrogens (tertiary/aromatic N) is 1. The number of rotatable bonds is 9. The van der Waals surface area contributed by atoms with Gasteiger partial charge in [-0.1, -0.05) is 97.6 Å². The molecule has 1 aliphatic rings. The van der Waals surface area contributed by atoms with Gasteiger partial charge in [0.2, 0.25) is 0 Å². The minimum absolute atomic E-state index is 0.0488. The fraction of sp³-hybridized carbons (Fsp3) is 0.167. The Morgan fingerprint density at radius 3 is 2.38 bits per heavy atom. The van der Waals surface area contributed by atoms with Crippen molar-refractivity contribution in [1.29, 1.82) is 0 Å². The van der Waals surface area contributed by atoms with E-state index in [1.165, 1.54) is 0 Å². The number of fused-ring (bicyclic) bond motifs is 1. The van der Waals surface area contributed by atoms with Gasteiger partial charge in [0.05, 0.1) is 6.54 Å². The molecule has 0 atom stereocenters. The van der Waals surface area contributed by atoms with E-state index in [0.29, 0.717) is 24.9 Å². The van der Waals surface area contributed by atoms with E-state index in [4.69, 9.17) is 0 Å². The molecule has 202 valence electrons. The number of anilines is 1. The van der Waals surface area contributed by atoms with E-state index in [-0.39, 0.29) is 11.7 Å². The second kappa shape index (κ2) is 14.5. The lowest BCUT2D eigenvalue weighted by molar-refractivity contribution is -0.114. The predicted octanol–water partition coefficient (Wildman–Crippen LogP) is 7.62. The smallest absolute Gasteiger partial charge is 0.258 e. The van der Waals surface area contributed by atoms with Crippen LogP contribution in [-0.2, 0) is 11.2 Å². The molecule has 0 bridgehead atoms. The molecule has 1 amide bonds. The summed E-state index contributed by atoms with van der Waals surface area (Å²) in [5.74, 6) is -0.0145. The molecule has 1 aliphatic heterocycles. The molecule has 4 rings (SSSR count). The maximum Gasteiger partial charge on any atom is 0.258 e. The van der Waals surface area contributed by atoms with E-state index in [2.05, 4.69) is 30.1 Å². The van der Waals surface area contributed by atoms with Crippen molar-refractivity contribution in [2.24, 2.45) is 0 Å². The highest BCUT2D eigenvalue weighted by Crippen LogP contribution is 2.26. The third-order valence-electron chi connectivity index (χ3n) is 6.85. The summed E-state index contributed by atoms with van der Waals surface area (Å²) in [5, 5.41) is 3.46. The lowest BCUT2D eigenvalue weighted by Crippen LogP contribution is -2.38. The summed E-state index contributed by atoms with van der Waals surface area (Å²) < 4.78 is 0. The number of hydrogen-bond donors (Lipinski definition) is 1. The van der Waals surface area contributed by atoms with Crippen molar-refractivity contribution in [1.82, 2.24) is 5.32 Å². The topological polar surface area (TPSA) is 49.4 Å². The van der Waals surface area contributed by atoms with E-state index in [1.807, 2.05) is 96.8 Å². The number of nitrogens with one attached hydrogen (secondary N) is 1. The van der Waals surface area contributed by atoms with E-state index < -0.39 is 0 Å². The quantitative estimate of drug-likeness (QED) is 0.230. The summed E-state index contributed by atoms with van der Waals surface area (Å²) in [7, 11) is 0. The van der Waals surface area contributed by atoms with Crippen LogP contribution >= 0.6 is 0 Å². The molecule has 0 radical (unpaired) electrons. The zero-order valence-corrected chi connectivity index (χ0v) is 23.1. The van der Waals surface area contributed by atoms with Crippen LogP contribution in [0, 0.1) is 0 Å². The van der Waals surface area contributed by atoms with Gasteiger partial charge >= 0.3 is 0 Å². The molecule has 40 heavy (non-hydrogen) atoms. The molecule has 4 heteroatoms. The SMILES string of the molecule is C=C/C(=C\C=C/C)CCC(=O)/C=C/C=C1/CN(C(=O)c2ccc(-c3ccccc3)cc2)c2ccccc2CCN1. The van der Waals surface area contributed by atoms with Gasteiger partial charge < -0.3 is 10.2 Å². The van der Waals surface area contributed by atoms with Crippen molar-refractivity contribution in [2.75, 3.05) is 18.0 Å². The Kier molecular flexibility index (Phi) is 10.2. The van der Waals surface area contributed by atoms with Crippen LogP contribution < -0.4 is 10.2 Å². The monoisotopic (exact) mass is 528 g/mol. The molecule has 0 fully saturated rings. The third kappa shape index (κ3) is 7.67. The minimum Gasteiger partial charge on any atom is -0.387 e. The number of hydrogen-bond acceptors (Lipinski definition) is 3. The minimum atomic E-state index is -0.0633. The van der Waals surface area contributed by atoms with Crippen molar-refractivity contribution >= 4 is 17.4 Å². The van der Waals surface area contributed by atoms with Crippen molar-refractivity contribution in [3.8, 4) is 11.1 Å². The number of amides is 1. The molecule has 0 saturated carbocycles. The summed E-state index contributed by atoms with van der Waals surface area (Å²) in [6.07, 6.45) is 14.8. The van der Waals surface area contributed by atoms with Gasteiger partial charge in [0, 0.05) is 29.9 Å². The van der Waals surface area contributed by atoms with Crippen LogP contribution in [0.4, 0.5) is 5.69 Å². The summed E-state index contributed by atoms with van der Waals surface area (Å²) >= 11 is 0. The second-order valence-corrected chi connectivity index (χ2v) is 9.63. The molecule has 3 aromatic carbocycles.